The molecule has 0 bridgehead atoms. The van der Waals surface area contributed by atoms with Crippen LogP contribution in [0.1, 0.15) is 35.8 Å². The first-order valence-corrected chi connectivity index (χ1v) is 13.0. The maximum atomic E-state index is 12.8. The zero-order valence-electron chi connectivity index (χ0n) is 19.3. The van der Waals surface area contributed by atoms with Gasteiger partial charge in [-0.05, 0) is 42.9 Å². The number of allylic oxidation sites excluding steroid dienone is 1. The highest BCUT2D eigenvalue weighted by molar-refractivity contribution is 7.99. The van der Waals surface area contributed by atoms with E-state index < -0.39 is 0 Å². The lowest BCUT2D eigenvalue weighted by Crippen LogP contribution is -2.15. The van der Waals surface area contributed by atoms with Crippen LogP contribution in [0.4, 0.5) is 5.00 Å². The van der Waals surface area contributed by atoms with Crippen molar-refractivity contribution >= 4 is 34.0 Å². The maximum Gasteiger partial charge on any atom is 0.235 e. The molecular formula is C25H27N5O2S2. The van der Waals surface area contributed by atoms with Crippen LogP contribution in [0.2, 0.25) is 0 Å². The van der Waals surface area contributed by atoms with Crippen molar-refractivity contribution in [2.45, 2.75) is 44.3 Å². The highest BCUT2D eigenvalue weighted by Gasteiger charge is 2.26. The van der Waals surface area contributed by atoms with Crippen LogP contribution in [-0.4, -0.2) is 33.5 Å². The number of amides is 1. The van der Waals surface area contributed by atoms with Gasteiger partial charge in [0, 0.05) is 17.0 Å². The molecule has 176 valence electrons. The number of anilines is 1. The molecular weight excluding hydrogens is 466 g/mol. The van der Waals surface area contributed by atoms with Crippen molar-refractivity contribution in [3.63, 3.8) is 0 Å². The van der Waals surface area contributed by atoms with Crippen molar-refractivity contribution in [1.82, 2.24) is 14.8 Å². The molecule has 1 aliphatic rings. The Kier molecular flexibility index (Phi) is 7.70. The SMILES string of the molecule is C=CCn1c(SCC(=O)Nc2sc3c(c2C#N)CCC(CC)C3)nnc1-c1cccc(OC)c1. The van der Waals surface area contributed by atoms with E-state index >= 15 is 0 Å². The third kappa shape index (κ3) is 5.03. The largest absolute Gasteiger partial charge is 0.497 e. The fourth-order valence-corrected chi connectivity index (χ4v) is 6.24. The molecule has 0 radical (unpaired) electrons. The van der Waals surface area contributed by atoms with Crippen LogP contribution in [-0.2, 0) is 24.2 Å². The maximum absolute atomic E-state index is 12.8. The molecule has 1 unspecified atom stereocenters. The van der Waals surface area contributed by atoms with Gasteiger partial charge in [-0.3, -0.25) is 9.36 Å². The Balaban J connectivity index is 1.48. The number of thiophene rings is 1. The van der Waals surface area contributed by atoms with Crippen molar-refractivity contribution in [3.8, 4) is 23.2 Å². The first kappa shape index (κ1) is 24.0. The Morgan fingerprint density at radius 2 is 2.32 bits per heavy atom. The normalized spacial score (nSPS) is 14.8. The molecule has 34 heavy (non-hydrogen) atoms. The highest BCUT2D eigenvalue weighted by atomic mass is 32.2. The van der Waals surface area contributed by atoms with Gasteiger partial charge in [0.2, 0.25) is 5.91 Å². The number of aromatic nitrogens is 3. The molecule has 2 aromatic heterocycles. The van der Waals surface area contributed by atoms with E-state index in [0.717, 1.165) is 42.6 Å². The number of thioether (sulfide) groups is 1. The molecule has 1 aromatic carbocycles. The van der Waals surface area contributed by atoms with Crippen LogP contribution in [0.5, 0.6) is 5.75 Å². The average molecular weight is 494 g/mol. The Hall–Kier alpha value is -3.09. The number of nitrogens with zero attached hydrogens (tertiary/aromatic N) is 4. The summed E-state index contributed by atoms with van der Waals surface area (Å²) in [5, 5.41) is 22.6. The van der Waals surface area contributed by atoms with Gasteiger partial charge in [0.1, 0.15) is 16.8 Å². The zero-order chi connectivity index (χ0) is 24.1. The molecule has 0 aliphatic heterocycles. The minimum absolute atomic E-state index is 0.164. The fraction of sp³-hybridized carbons (Fsp3) is 0.360. The number of hydrogen-bond donors (Lipinski definition) is 1. The molecule has 4 rings (SSSR count). The molecule has 0 spiro atoms. The van der Waals surface area contributed by atoms with Gasteiger partial charge in [0.05, 0.1) is 18.4 Å². The Bertz CT molecular complexity index is 1240. The lowest BCUT2D eigenvalue weighted by Gasteiger charge is -2.20. The van der Waals surface area contributed by atoms with Crippen LogP contribution < -0.4 is 10.1 Å². The van der Waals surface area contributed by atoms with Gasteiger partial charge in [-0.1, -0.05) is 43.3 Å². The predicted molar refractivity (Wildman–Crippen MR) is 136 cm³/mol. The minimum atomic E-state index is -0.164. The lowest BCUT2D eigenvalue weighted by molar-refractivity contribution is -0.113. The summed E-state index contributed by atoms with van der Waals surface area (Å²) < 4.78 is 7.25. The number of carbonyl (C=O) groups is 1. The molecule has 3 aromatic rings. The van der Waals surface area contributed by atoms with Crippen molar-refractivity contribution in [2.24, 2.45) is 5.92 Å². The molecule has 9 heteroatoms. The summed E-state index contributed by atoms with van der Waals surface area (Å²) in [4.78, 5) is 14.0. The Labute approximate surface area is 207 Å². The van der Waals surface area contributed by atoms with Crippen LogP contribution in [0.25, 0.3) is 11.4 Å². The third-order valence-electron chi connectivity index (χ3n) is 6.00. The Morgan fingerprint density at radius 1 is 1.47 bits per heavy atom. The van der Waals surface area contributed by atoms with Crippen LogP contribution >= 0.6 is 23.1 Å². The molecule has 1 atom stereocenters. The predicted octanol–water partition coefficient (Wildman–Crippen LogP) is 5.32. The van der Waals surface area contributed by atoms with E-state index in [9.17, 15) is 10.1 Å². The second kappa shape index (κ2) is 10.9. The molecule has 0 saturated heterocycles. The molecule has 2 heterocycles. The van der Waals surface area contributed by atoms with E-state index in [-0.39, 0.29) is 11.7 Å². The van der Waals surface area contributed by atoms with Crippen molar-refractivity contribution < 1.29 is 9.53 Å². The first-order valence-electron chi connectivity index (χ1n) is 11.2. The number of hydrogen-bond acceptors (Lipinski definition) is 7. The number of benzene rings is 1. The van der Waals surface area contributed by atoms with Gasteiger partial charge < -0.3 is 10.1 Å². The van der Waals surface area contributed by atoms with Crippen molar-refractivity contribution in [2.75, 3.05) is 18.2 Å². The van der Waals surface area contributed by atoms with E-state index in [4.69, 9.17) is 4.74 Å². The number of methoxy groups -OCH3 is 1. The van der Waals surface area contributed by atoms with E-state index in [0.29, 0.717) is 34.0 Å². The summed E-state index contributed by atoms with van der Waals surface area (Å²) in [5.41, 5.74) is 2.62. The van der Waals surface area contributed by atoms with E-state index in [1.807, 2.05) is 28.8 Å². The summed E-state index contributed by atoms with van der Waals surface area (Å²) in [6, 6.07) is 9.93. The summed E-state index contributed by atoms with van der Waals surface area (Å²) in [7, 11) is 1.62. The number of carbonyl (C=O) groups excluding carboxylic acids is 1. The van der Waals surface area contributed by atoms with Crippen molar-refractivity contribution in [1.29, 1.82) is 5.26 Å². The fourth-order valence-electron chi connectivity index (χ4n) is 4.17. The summed E-state index contributed by atoms with van der Waals surface area (Å²) in [6.45, 7) is 6.56. The number of fused-ring (bicyclic) bond motifs is 1. The number of rotatable bonds is 9. The third-order valence-corrected chi connectivity index (χ3v) is 8.13. The average Bonchev–Trinajstić information content (AvgIpc) is 3.42. The van der Waals surface area contributed by atoms with E-state index in [1.165, 1.54) is 16.6 Å². The molecule has 1 aliphatic carbocycles. The van der Waals surface area contributed by atoms with Gasteiger partial charge in [-0.25, -0.2) is 0 Å². The lowest BCUT2D eigenvalue weighted by atomic mass is 9.86. The van der Waals surface area contributed by atoms with Gasteiger partial charge in [0.25, 0.3) is 0 Å². The Morgan fingerprint density at radius 3 is 3.06 bits per heavy atom. The standard InChI is InChI=1S/C25H27N5O2S2/c1-4-11-30-23(17-7-6-8-18(13-17)32-3)28-29-25(30)33-15-22(31)27-24-20(14-26)19-10-9-16(5-2)12-21(19)34-24/h4,6-8,13,16H,1,5,9-12,15H2,2-3H3,(H,27,31). The summed E-state index contributed by atoms with van der Waals surface area (Å²) in [5.74, 6) is 2.08. The summed E-state index contributed by atoms with van der Waals surface area (Å²) >= 11 is 2.86. The van der Waals surface area contributed by atoms with Crippen LogP contribution in [0.15, 0.2) is 42.1 Å². The van der Waals surface area contributed by atoms with Crippen LogP contribution in [0.3, 0.4) is 0 Å². The highest BCUT2D eigenvalue weighted by Crippen LogP contribution is 2.40. The topological polar surface area (TPSA) is 92.8 Å². The molecule has 0 fully saturated rings. The van der Waals surface area contributed by atoms with E-state index in [2.05, 4.69) is 35.1 Å². The quantitative estimate of drug-likeness (QED) is 0.320. The van der Waals surface area contributed by atoms with Gasteiger partial charge in [0.15, 0.2) is 11.0 Å². The number of nitriles is 1. The first-order chi connectivity index (χ1) is 16.6. The van der Waals surface area contributed by atoms with Gasteiger partial charge >= 0.3 is 0 Å². The molecule has 0 saturated carbocycles. The number of ether oxygens (including phenoxy) is 1. The zero-order valence-corrected chi connectivity index (χ0v) is 21.0. The van der Waals surface area contributed by atoms with Gasteiger partial charge in [-0.15, -0.1) is 28.1 Å². The molecule has 7 nitrogen and oxygen atoms in total. The van der Waals surface area contributed by atoms with Gasteiger partial charge in [-0.2, -0.15) is 5.26 Å². The monoisotopic (exact) mass is 493 g/mol. The molecule has 1 N–H and O–H groups in total. The molecule has 1 amide bonds. The summed E-state index contributed by atoms with van der Waals surface area (Å²) in [6.07, 6.45) is 5.92. The van der Waals surface area contributed by atoms with Crippen molar-refractivity contribution in [3.05, 3.63) is 52.9 Å². The second-order valence-electron chi connectivity index (χ2n) is 8.11. The number of nitrogens with one attached hydrogen (secondary N) is 1. The van der Waals surface area contributed by atoms with E-state index in [1.54, 1.807) is 24.5 Å². The van der Waals surface area contributed by atoms with Crippen LogP contribution in [0, 0.1) is 17.2 Å². The minimum Gasteiger partial charge on any atom is -0.497 e. The smallest absolute Gasteiger partial charge is 0.235 e. The second-order valence-corrected chi connectivity index (χ2v) is 10.2.